The lowest BCUT2D eigenvalue weighted by atomic mass is 9.78. The van der Waals surface area contributed by atoms with Gasteiger partial charge in [0.15, 0.2) is 16.7 Å². The first-order valence-corrected chi connectivity index (χ1v) is 9.19. The van der Waals surface area contributed by atoms with E-state index in [-0.39, 0.29) is 11.7 Å². The molecule has 0 aromatic heterocycles. The van der Waals surface area contributed by atoms with Crippen LogP contribution in [0.2, 0.25) is 0 Å². The Morgan fingerprint density at radius 2 is 2.08 bits per heavy atom. The molecule has 0 unspecified atom stereocenters. The zero-order valence-corrected chi connectivity index (χ0v) is 16.2. The minimum atomic E-state index is -0.477. The third-order valence-electron chi connectivity index (χ3n) is 4.93. The first kappa shape index (κ1) is 20.2. The normalized spacial score (nSPS) is 22.7. The van der Waals surface area contributed by atoms with E-state index < -0.39 is 5.82 Å². The van der Waals surface area contributed by atoms with Crippen molar-refractivity contribution < 1.29 is 13.9 Å². The number of hydrogen-bond acceptors (Lipinski definition) is 3. The lowest BCUT2D eigenvalue weighted by molar-refractivity contribution is -0.116. The molecule has 142 valence electrons. The van der Waals surface area contributed by atoms with Gasteiger partial charge in [-0.05, 0) is 54.2 Å². The van der Waals surface area contributed by atoms with Gasteiger partial charge >= 0.3 is 0 Å². The number of carbonyl (C=O) groups excluding carboxylic acids is 1. The van der Waals surface area contributed by atoms with E-state index in [9.17, 15) is 9.18 Å². The van der Waals surface area contributed by atoms with E-state index in [1.165, 1.54) is 44.2 Å². The first-order valence-electron chi connectivity index (χ1n) is 8.78. The van der Waals surface area contributed by atoms with Gasteiger partial charge in [-0.2, -0.15) is 0 Å². The highest BCUT2D eigenvalue weighted by molar-refractivity contribution is 7.80. The second kappa shape index (κ2) is 9.52. The molecule has 1 aromatic carbocycles. The number of rotatable bonds is 4. The molecule has 0 spiro atoms. The van der Waals surface area contributed by atoms with E-state index in [1.54, 1.807) is 6.07 Å². The molecule has 26 heavy (non-hydrogen) atoms. The lowest BCUT2D eigenvalue weighted by Gasteiger charge is -2.35. The van der Waals surface area contributed by atoms with Crippen LogP contribution in [0.25, 0.3) is 6.08 Å². The number of methoxy groups -OCH3 is 1. The van der Waals surface area contributed by atoms with Crippen molar-refractivity contribution in [1.82, 2.24) is 16.2 Å². The highest BCUT2D eigenvalue weighted by atomic mass is 32.1. The van der Waals surface area contributed by atoms with Crippen LogP contribution in [0.5, 0.6) is 5.75 Å². The Kier molecular flexibility index (Phi) is 7.38. The SMILES string of the molecule is COc1ccc(/C=C/C(=O)NNC(=S)N[C@@H]2CCC[C@@H](C)[C@H]2C)cc1F. The fraction of sp³-hybridized carbons (Fsp3) is 0.474. The van der Waals surface area contributed by atoms with Gasteiger partial charge in [0.25, 0.3) is 5.91 Å². The van der Waals surface area contributed by atoms with E-state index in [4.69, 9.17) is 17.0 Å². The van der Waals surface area contributed by atoms with Crippen LogP contribution < -0.4 is 20.9 Å². The van der Waals surface area contributed by atoms with Crippen LogP contribution in [0.3, 0.4) is 0 Å². The molecular weight excluding hydrogens is 353 g/mol. The summed E-state index contributed by atoms with van der Waals surface area (Å²) in [7, 11) is 1.40. The predicted octanol–water partition coefficient (Wildman–Crippen LogP) is 3.17. The van der Waals surface area contributed by atoms with Crippen molar-refractivity contribution in [2.75, 3.05) is 7.11 Å². The largest absolute Gasteiger partial charge is 0.494 e. The van der Waals surface area contributed by atoms with Crippen molar-refractivity contribution in [3.05, 3.63) is 35.7 Å². The molecule has 1 aromatic rings. The maximum Gasteiger partial charge on any atom is 0.262 e. The summed E-state index contributed by atoms with van der Waals surface area (Å²) in [5.41, 5.74) is 5.77. The number of amides is 1. The number of hydrazine groups is 1. The van der Waals surface area contributed by atoms with Gasteiger partial charge in [-0.15, -0.1) is 0 Å². The molecule has 2 rings (SSSR count). The molecule has 1 fully saturated rings. The van der Waals surface area contributed by atoms with E-state index in [1.807, 2.05) is 0 Å². The monoisotopic (exact) mass is 379 g/mol. The minimum Gasteiger partial charge on any atom is -0.494 e. The van der Waals surface area contributed by atoms with Crippen molar-refractivity contribution in [3.63, 3.8) is 0 Å². The van der Waals surface area contributed by atoms with Gasteiger partial charge < -0.3 is 10.1 Å². The molecule has 0 saturated heterocycles. The Morgan fingerprint density at radius 1 is 1.31 bits per heavy atom. The molecule has 0 bridgehead atoms. The predicted molar refractivity (Wildman–Crippen MR) is 105 cm³/mol. The van der Waals surface area contributed by atoms with Crippen molar-refractivity contribution in [3.8, 4) is 5.75 Å². The second-order valence-electron chi connectivity index (χ2n) is 6.69. The molecule has 3 N–H and O–H groups in total. The highest BCUT2D eigenvalue weighted by Crippen LogP contribution is 2.29. The maximum absolute atomic E-state index is 13.6. The average Bonchev–Trinajstić information content (AvgIpc) is 2.62. The molecular formula is C19H26FN3O2S. The van der Waals surface area contributed by atoms with Gasteiger partial charge in [0.2, 0.25) is 0 Å². The first-order chi connectivity index (χ1) is 12.4. The molecule has 1 aliphatic carbocycles. The summed E-state index contributed by atoms with van der Waals surface area (Å²) in [6, 6.07) is 4.79. The molecule has 1 saturated carbocycles. The van der Waals surface area contributed by atoms with Crippen LogP contribution in [0.4, 0.5) is 4.39 Å². The van der Waals surface area contributed by atoms with Crippen LogP contribution in [0.1, 0.15) is 38.7 Å². The Bertz CT molecular complexity index is 681. The van der Waals surface area contributed by atoms with Crippen molar-refractivity contribution in [1.29, 1.82) is 0 Å². The standard InChI is InChI=1S/C19H26FN3O2S/c1-12-5-4-6-16(13(12)2)21-19(26)23-22-18(24)10-8-14-7-9-17(25-3)15(20)11-14/h7-13,16H,4-6H2,1-3H3,(H,22,24)(H2,21,23,26)/b10-8+/t12-,13-,16-/m1/s1. The molecule has 0 heterocycles. The van der Waals surface area contributed by atoms with Gasteiger partial charge in [0.05, 0.1) is 7.11 Å². The van der Waals surface area contributed by atoms with Crippen molar-refractivity contribution in [2.45, 2.75) is 39.2 Å². The molecule has 7 heteroatoms. The number of thiocarbonyl (C=S) groups is 1. The van der Waals surface area contributed by atoms with Crippen LogP contribution in [0.15, 0.2) is 24.3 Å². The van der Waals surface area contributed by atoms with Crippen LogP contribution in [-0.4, -0.2) is 24.2 Å². The molecule has 1 aliphatic rings. The maximum atomic E-state index is 13.6. The van der Waals surface area contributed by atoms with Gasteiger partial charge in [-0.1, -0.05) is 32.8 Å². The summed E-state index contributed by atoms with van der Waals surface area (Å²) in [5.74, 6) is 0.497. The summed E-state index contributed by atoms with van der Waals surface area (Å²) in [6.07, 6.45) is 6.32. The Labute approximate surface area is 159 Å². The number of hydrogen-bond donors (Lipinski definition) is 3. The van der Waals surface area contributed by atoms with E-state index in [2.05, 4.69) is 30.0 Å². The quantitative estimate of drug-likeness (QED) is 0.426. The fourth-order valence-electron chi connectivity index (χ4n) is 3.11. The molecule has 1 amide bonds. The Morgan fingerprint density at radius 3 is 2.77 bits per heavy atom. The third kappa shape index (κ3) is 5.69. The van der Waals surface area contributed by atoms with E-state index >= 15 is 0 Å². The van der Waals surface area contributed by atoms with Gasteiger partial charge in [0, 0.05) is 12.1 Å². The average molecular weight is 380 g/mol. The Hall–Kier alpha value is -2.15. The third-order valence-corrected chi connectivity index (χ3v) is 5.15. The summed E-state index contributed by atoms with van der Waals surface area (Å²) in [6.45, 7) is 4.48. The van der Waals surface area contributed by atoms with Crippen LogP contribution in [0, 0.1) is 17.7 Å². The number of ether oxygens (including phenoxy) is 1. The summed E-state index contributed by atoms with van der Waals surface area (Å²) in [4.78, 5) is 11.9. The topological polar surface area (TPSA) is 62.4 Å². The second-order valence-corrected chi connectivity index (χ2v) is 7.10. The van der Waals surface area contributed by atoms with E-state index in [0.29, 0.717) is 28.6 Å². The minimum absolute atomic E-state index is 0.163. The van der Waals surface area contributed by atoms with E-state index in [0.717, 1.165) is 6.42 Å². The fourth-order valence-corrected chi connectivity index (χ4v) is 3.31. The van der Waals surface area contributed by atoms with Gasteiger partial charge in [-0.3, -0.25) is 15.6 Å². The summed E-state index contributed by atoms with van der Waals surface area (Å²) >= 11 is 5.24. The molecule has 0 radical (unpaired) electrons. The van der Waals surface area contributed by atoms with Gasteiger partial charge in [0.1, 0.15) is 0 Å². The Balaban J connectivity index is 1.79. The lowest BCUT2D eigenvalue weighted by Crippen LogP contribution is -2.52. The molecule has 0 aliphatic heterocycles. The van der Waals surface area contributed by atoms with Crippen molar-refractivity contribution >= 4 is 29.3 Å². The summed E-state index contributed by atoms with van der Waals surface area (Å²) in [5, 5.41) is 3.66. The zero-order chi connectivity index (χ0) is 19.1. The van der Waals surface area contributed by atoms with Crippen LogP contribution in [-0.2, 0) is 4.79 Å². The molecule has 3 atom stereocenters. The number of carbonyl (C=O) groups is 1. The summed E-state index contributed by atoms with van der Waals surface area (Å²) < 4.78 is 18.5. The zero-order valence-electron chi connectivity index (χ0n) is 15.3. The molecule has 5 nitrogen and oxygen atoms in total. The number of halogens is 1. The van der Waals surface area contributed by atoms with Crippen molar-refractivity contribution in [2.24, 2.45) is 11.8 Å². The van der Waals surface area contributed by atoms with Crippen LogP contribution >= 0.6 is 12.2 Å². The number of benzene rings is 1. The van der Waals surface area contributed by atoms with Gasteiger partial charge in [-0.25, -0.2) is 4.39 Å². The smallest absolute Gasteiger partial charge is 0.262 e. The number of nitrogens with one attached hydrogen (secondary N) is 3. The highest BCUT2D eigenvalue weighted by Gasteiger charge is 2.27.